The van der Waals surface area contributed by atoms with Crippen LogP contribution in [0.1, 0.15) is 21.6 Å². The Morgan fingerprint density at radius 1 is 1.08 bits per heavy atom. The number of rotatable bonds is 2. The Bertz CT molecular complexity index is 1020. The molecule has 0 aliphatic rings. The highest BCUT2D eigenvalue weighted by atomic mass is 19.1. The minimum absolute atomic E-state index is 0.179. The first-order valence-corrected chi connectivity index (χ1v) is 7.55. The summed E-state index contributed by atoms with van der Waals surface area (Å²) in [6.07, 6.45) is 0. The Hall–Kier alpha value is -2.95. The monoisotopic (exact) mass is 324 g/mol. The molecular weight excluding hydrogens is 307 g/mol. The largest absolute Gasteiger partial charge is 0.320 e. The molecule has 0 bridgehead atoms. The van der Waals surface area contributed by atoms with E-state index in [1.807, 2.05) is 32.0 Å². The SMILES string of the molecule is Cc1ccc(NC(=O)c2cc3cc(F)ccc3c(=O)n2C)c(C)c1. The number of halogens is 1. The molecule has 4 nitrogen and oxygen atoms in total. The lowest BCUT2D eigenvalue weighted by Crippen LogP contribution is -2.26. The maximum absolute atomic E-state index is 13.4. The van der Waals surface area contributed by atoms with E-state index in [2.05, 4.69) is 5.32 Å². The molecule has 1 amide bonds. The van der Waals surface area contributed by atoms with E-state index in [0.29, 0.717) is 16.5 Å². The number of anilines is 1. The lowest BCUT2D eigenvalue weighted by atomic mass is 10.1. The summed E-state index contributed by atoms with van der Waals surface area (Å²) in [6.45, 7) is 3.87. The third kappa shape index (κ3) is 2.80. The normalized spacial score (nSPS) is 10.8. The average molecular weight is 324 g/mol. The van der Waals surface area contributed by atoms with E-state index >= 15 is 0 Å². The molecule has 122 valence electrons. The minimum Gasteiger partial charge on any atom is -0.320 e. The van der Waals surface area contributed by atoms with Crippen LogP contribution in [0.5, 0.6) is 0 Å². The number of aryl methyl sites for hydroxylation is 2. The quantitative estimate of drug-likeness (QED) is 0.784. The lowest BCUT2D eigenvalue weighted by Gasteiger charge is -2.12. The van der Waals surface area contributed by atoms with E-state index < -0.39 is 11.7 Å². The van der Waals surface area contributed by atoms with Gasteiger partial charge in [-0.3, -0.25) is 9.59 Å². The molecule has 2 aromatic carbocycles. The zero-order valence-electron chi connectivity index (χ0n) is 13.7. The molecule has 0 spiro atoms. The van der Waals surface area contributed by atoms with Crippen molar-refractivity contribution in [2.75, 3.05) is 5.32 Å². The molecule has 1 heterocycles. The molecule has 3 aromatic rings. The van der Waals surface area contributed by atoms with Gasteiger partial charge in [0.15, 0.2) is 0 Å². The summed E-state index contributed by atoms with van der Waals surface area (Å²) in [6, 6.07) is 11.1. The third-order valence-corrected chi connectivity index (χ3v) is 4.06. The van der Waals surface area contributed by atoms with Gasteiger partial charge in [0, 0.05) is 18.1 Å². The van der Waals surface area contributed by atoms with E-state index in [1.54, 1.807) is 0 Å². The van der Waals surface area contributed by atoms with Gasteiger partial charge in [-0.1, -0.05) is 17.7 Å². The summed E-state index contributed by atoms with van der Waals surface area (Å²) in [5.41, 5.74) is 2.55. The van der Waals surface area contributed by atoms with E-state index in [9.17, 15) is 14.0 Å². The number of hydrogen-bond acceptors (Lipinski definition) is 2. The highest BCUT2D eigenvalue weighted by Gasteiger charge is 2.14. The molecule has 0 radical (unpaired) electrons. The first kappa shape index (κ1) is 15.9. The first-order valence-electron chi connectivity index (χ1n) is 7.55. The van der Waals surface area contributed by atoms with Crippen molar-refractivity contribution >= 4 is 22.4 Å². The number of hydrogen-bond donors (Lipinski definition) is 1. The van der Waals surface area contributed by atoms with Crippen LogP contribution in [0.3, 0.4) is 0 Å². The zero-order chi connectivity index (χ0) is 17.4. The molecule has 24 heavy (non-hydrogen) atoms. The van der Waals surface area contributed by atoms with Crippen molar-refractivity contribution in [3.05, 3.63) is 75.5 Å². The van der Waals surface area contributed by atoms with Gasteiger partial charge in [-0.25, -0.2) is 4.39 Å². The molecule has 0 fully saturated rings. The van der Waals surface area contributed by atoms with Crippen molar-refractivity contribution in [1.29, 1.82) is 0 Å². The van der Waals surface area contributed by atoms with Crippen molar-refractivity contribution in [3.8, 4) is 0 Å². The predicted molar refractivity (Wildman–Crippen MR) is 93.0 cm³/mol. The predicted octanol–water partition coefficient (Wildman–Crippen LogP) is 3.55. The van der Waals surface area contributed by atoms with Crippen LogP contribution in [-0.2, 0) is 7.05 Å². The topological polar surface area (TPSA) is 51.1 Å². The molecule has 0 atom stereocenters. The smallest absolute Gasteiger partial charge is 0.272 e. The summed E-state index contributed by atoms with van der Waals surface area (Å²) >= 11 is 0. The number of nitrogens with zero attached hydrogens (tertiary/aromatic N) is 1. The van der Waals surface area contributed by atoms with Gasteiger partial charge in [-0.2, -0.15) is 0 Å². The van der Waals surface area contributed by atoms with Crippen molar-refractivity contribution in [2.24, 2.45) is 7.05 Å². The van der Waals surface area contributed by atoms with Crippen LogP contribution in [0.15, 0.2) is 47.3 Å². The number of aromatic nitrogens is 1. The Morgan fingerprint density at radius 3 is 2.54 bits per heavy atom. The second kappa shape index (κ2) is 5.92. The van der Waals surface area contributed by atoms with E-state index in [-0.39, 0.29) is 11.3 Å². The van der Waals surface area contributed by atoms with Crippen LogP contribution in [0.25, 0.3) is 10.8 Å². The Morgan fingerprint density at radius 2 is 1.83 bits per heavy atom. The Labute approximate surface area is 138 Å². The fraction of sp³-hybridized carbons (Fsp3) is 0.158. The number of carbonyl (C=O) groups is 1. The van der Waals surface area contributed by atoms with Crippen LogP contribution in [0.2, 0.25) is 0 Å². The number of carbonyl (C=O) groups excluding carboxylic acids is 1. The number of pyridine rings is 1. The van der Waals surface area contributed by atoms with Crippen molar-refractivity contribution in [3.63, 3.8) is 0 Å². The van der Waals surface area contributed by atoms with E-state index in [4.69, 9.17) is 0 Å². The molecular formula is C19H17FN2O2. The third-order valence-electron chi connectivity index (χ3n) is 4.06. The molecule has 0 unspecified atom stereocenters. The molecule has 3 rings (SSSR count). The van der Waals surface area contributed by atoms with Crippen LogP contribution < -0.4 is 10.9 Å². The average Bonchev–Trinajstić information content (AvgIpc) is 2.53. The van der Waals surface area contributed by atoms with Gasteiger partial charge in [0.1, 0.15) is 11.5 Å². The van der Waals surface area contributed by atoms with Crippen molar-refractivity contribution < 1.29 is 9.18 Å². The van der Waals surface area contributed by atoms with Gasteiger partial charge in [0.05, 0.1) is 0 Å². The maximum Gasteiger partial charge on any atom is 0.272 e. The summed E-state index contributed by atoms with van der Waals surface area (Å²) in [7, 11) is 1.53. The highest BCUT2D eigenvalue weighted by molar-refractivity contribution is 6.05. The van der Waals surface area contributed by atoms with Gasteiger partial charge in [-0.05, 0) is 55.1 Å². The molecule has 1 N–H and O–H groups in total. The summed E-state index contributed by atoms with van der Waals surface area (Å²) in [5.74, 6) is -0.857. The highest BCUT2D eigenvalue weighted by Crippen LogP contribution is 2.18. The molecule has 0 aliphatic carbocycles. The lowest BCUT2D eigenvalue weighted by molar-refractivity contribution is 0.101. The van der Waals surface area contributed by atoms with Gasteiger partial charge >= 0.3 is 0 Å². The molecule has 1 aromatic heterocycles. The van der Waals surface area contributed by atoms with Crippen molar-refractivity contribution in [1.82, 2.24) is 4.57 Å². The molecule has 0 aliphatic heterocycles. The molecule has 0 saturated carbocycles. The Balaban J connectivity index is 2.06. The maximum atomic E-state index is 13.4. The van der Waals surface area contributed by atoms with Crippen molar-refractivity contribution in [2.45, 2.75) is 13.8 Å². The number of fused-ring (bicyclic) bond motifs is 1. The number of benzene rings is 2. The summed E-state index contributed by atoms with van der Waals surface area (Å²) < 4.78 is 14.7. The van der Waals surface area contributed by atoms with Gasteiger partial charge in [-0.15, -0.1) is 0 Å². The standard InChI is InChI=1S/C19H17FN2O2/c1-11-4-7-16(12(2)8-11)21-18(23)17-10-13-9-14(20)5-6-15(13)19(24)22(17)3/h4-10H,1-3H3,(H,21,23). The van der Waals surface area contributed by atoms with Gasteiger partial charge < -0.3 is 9.88 Å². The second-order valence-corrected chi connectivity index (χ2v) is 5.90. The number of nitrogens with one attached hydrogen (secondary N) is 1. The van der Waals surface area contributed by atoms with Gasteiger partial charge in [0.2, 0.25) is 0 Å². The summed E-state index contributed by atoms with van der Waals surface area (Å²) in [5, 5.41) is 3.59. The molecule has 5 heteroatoms. The zero-order valence-corrected chi connectivity index (χ0v) is 13.7. The fourth-order valence-electron chi connectivity index (χ4n) is 2.74. The fourth-order valence-corrected chi connectivity index (χ4v) is 2.74. The first-order chi connectivity index (χ1) is 11.4. The Kier molecular flexibility index (Phi) is 3.93. The molecule has 0 saturated heterocycles. The van der Waals surface area contributed by atoms with E-state index in [0.717, 1.165) is 11.1 Å². The van der Waals surface area contributed by atoms with Crippen LogP contribution in [-0.4, -0.2) is 10.5 Å². The van der Waals surface area contributed by atoms with E-state index in [1.165, 1.54) is 35.9 Å². The van der Waals surface area contributed by atoms with Crippen LogP contribution in [0.4, 0.5) is 10.1 Å². The summed E-state index contributed by atoms with van der Waals surface area (Å²) in [4.78, 5) is 25.0. The second-order valence-electron chi connectivity index (χ2n) is 5.90. The number of amides is 1. The van der Waals surface area contributed by atoms with Gasteiger partial charge in [0.25, 0.3) is 11.5 Å². The minimum atomic E-state index is -0.448. The van der Waals surface area contributed by atoms with Crippen LogP contribution >= 0.6 is 0 Å². The van der Waals surface area contributed by atoms with Crippen LogP contribution in [0, 0.1) is 19.7 Å².